The predicted molar refractivity (Wildman–Crippen MR) is 169 cm³/mol. The van der Waals surface area contributed by atoms with E-state index in [2.05, 4.69) is 13.8 Å². The lowest BCUT2D eigenvalue weighted by molar-refractivity contribution is -0.337. The molecular weight excluding hydrogens is 544 g/mol. The summed E-state index contributed by atoms with van der Waals surface area (Å²) in [5.74, 6) is -0.923. The molecule has 3 fully saturated rings. The average molecular weight is 599 g/mol. The van der Waals surface area contributed by atoms with Crippen molar-refractivity contribution in [3.8, 4) is 0 Å². The molecule has 0 saturated carbocycles. The normalized spacial score (nSPS) is 25.5. The zero-order valence-corrected chi connectivity index (χ0v) is 26.5. The molecule has 2 aliphatic carbocycles. The van der Waals surface area contributed by atoms with Gasteiger partial charge in [-0.3, -0.25) is 14.4 Å². The van der Waals surface area contributed by atoms with Gasteiger partial charge in [0.25, 0.3) is 0 Å². The minimum absolute atomic E-state index is 0.0381. The van der Waals surface area contributed by atoms with Crippen molar-refractivity contribution in [3.05, 3.63) is 48.6 Å². The van der Waals surface area contributed by atoms with Crippen molar-refractivity contribution in [2.75, 3.05) is 6.61 Å². The van der Waals surface area contributed by atoms with Gasteiger partial charge >= 0.3 is 5.97 Å². The third kappa shape index (κ3) is 11.9. The van der Waals surface area contributed by atoms with Crippen LogP contribution in [0.5, 0.6) is 0 Å². The fourth-order valence-corrected chi connectivity index (χ4v) is 6.17. The van der Waals surface area contributed by atoms with Gasteiger partial charge in [-0.2, -0.15) is 0 Å². The van der Waals surface area contributed by atoms with Gasteiger partial charge in [0.2, 0.25) is 0 Å². The highest BCUT2D eigenvalue weighted by molar-refractivity contribution is 6.01. The Morgan fingerprint density at radius 3 is 1.74 bits per heavy atom. The number of ketones is 2. The quantitative estimate of drug-likeness (QED) is 0.214. The van der Waals surface area contributed by atoms with Crippen LogP contribution in [-0.4, -0.2) is 52.3 Å². The highest BCUT2D eigenvalue weighted by Crippen LogP contribution is 2.50. The van der Waals surface area contributed by atoms with Crippen LogP contribution in [0.2, 0.25) is 0 Å². The fourth-order valence-electron chi connectivity index (χ4n) is 6.17. The van der Waals surface area contributed by atoms with Crippen molar-refractivity contribution in [2.24, 2.45) is 0 Å². The number of carbonyl (C=O) groups is 3. The largest absolute Gasteiger partial charge is 0.481 e. The van der Waals surface area contributed by atoms with Crippen LogP contribution in [0.1, 0.15) is 129 Å². The maximum absolute atomic E-state index is 11.1. The number of ether oxygens (including phenoxy) is 3. The van der Waals surface area contributed by atoms with Gasteiger partial charge < -0.3 is 19.3 Å². The molecule has 240 valence electrons. The van der Waals surface area contributed by atoms with Crippen LogP contribution < -0.4 is 0 Å². The van der Waals surface area contributed by atoms with Crippen LogP contribution in [0.15, 0.2) is 48.6 Å². The second kappa shape index (κ2) is 17.8. The summed E-state index contributed by atoms with van der Waals surface area (Å²) in [4.78, 5) is 32.1. The minimum atomic E-state index is -0.657. The third-order valence-electron chi connectivity index (χ3n) is 8.84. The Hall–Kier alpha value is -2.35. The smallest absolute Gasteiger partial charge is 0.303 e. The SMILES string of the molecule is CCC1CC2(CCC3(C=CC(=O)C=C3)O2)O1.CCCCCCCCCCCCCC(=O)O.O=C1C=CC2(C=C1)CCCO2. The maximum atomic E-state index is 11.1. The number of allylic oxidation sites excluding steroid dienone is 4. The van der Waals surface area contributed by atoms with Gasteiger partial charge in [0.05, 0.1) is 6.10 Å². The number of aliphatic carboxylic acids is 1. The Balaban J connectivity index is 0.000000180. The first-order valence-electron chi connectivity index (χ1n) is 16.8. The molecule has 7 heteroatoms. The molecule has 43 heavy (non-hydrogen) atoms. The van der Waals surface area contributed by atoms with Crippen LogP contribution in [-0.2, 0) is 28.6 Å². The molecule has 3 saturated heterocycles. The maximum Gasteiger partial charge on any atom is 0.303 e. The molecule has 0 amide bonds. The van der Waals surface area contributed by atoms with Crippen molar-refractivity contribution >= 4 is 17.5 Å². The third-order valence-corrected chi connectivity index (χ3v) is 8.84. The second-order valence-corrected chi connectivity index (χ2v) is 12.5. The molecule has 0 radical (unpaired) electrons. The highest BCUT2D eigenvalue weighted by atomic mass is 16.7. The Kier molecular flexibility index (Phi) is 14.6. The number of hydrogen-bond donors (Lipinski definition) is 1. The molecule has 0 aromatic carbocycles. The van der Waals surface area contributed by atoms with Crippen molar-refractivity contribution in [1.29, 1.82) is 0 Å². The molecule has 3 spiro atoms. The summed E-state index contributed by atoms with van der Waals surface area (Å²) in [6.07, 6.45) is 34.5. The highest BCUT2D eigenvalue weighted by Gasteiger charge is 2.55. The molecule has 2 unspecified atom stereocenters. The number of unbranched alkanes of at least 4 members (excludes halogenated alkanes) is 10. The first-order valence-corrected chi connectivity index (χ1v) is 16.8. The summed E-state index contributed by atoms with van der Waals surface area (Å²) in [6.45, 7) is 5.18. The molecule has 0 aromatic heterocycles. The van der Waals surface area contributed by atoms with E-state index in [1.807, 2.05) is 24.3 Å². The summed E-state index contributed by atoms with van der Waals surface area (Å²) < 4.78 is 17.4. The molecule has 3 aliphatic heterocycles. The van der Waals surface area contributed by atoms with Crippen LogP contribution >= 0.6 is 0 Å². The van der Waals surface area contributed by atoms with Gasteiger partial charge in [-0.1, -0.05) is 78.1 Å². The summed E-state index contributed by atoms with van der Waals surface area (Å²) in [5.41, 5.74) is -0.611. The summed E-state index contributed by atoms with van der Waals surface area (Å²) in [6, 6.07) is 0. The molecule has 5 rings (SSSR count). The first kappa shape index (κ1) is 35.1. The van der Waals surface area contributed by atoms with Gasteiger partial charge in [0.15, 0.2) is 17.4 Å². The van der Waals surface area contributed by atoms with Gasteiger partial charge in [0.1, 0.15) is 11.2 Å². The van der Waals surface area contributed by atoms with E-state index in [4.69, 9.17) is 19.3 Å². The van der Waals surface area contributed by atoms with E-state index in [9.17, 15) is 14.4 Å². The number of carboxylic acid groups (broad SMARTS) is 1. The monoisotopic (exact) mass is 598 g/mol. The molecule has 7 nitrogen and oxygen atoms in total. The summed E-state index contributed by atoms with van der Waals surface area (Å²) >= 11 is 0. The number of hydrogen-bond acceptors (Lipinski definition) is 6. The minimum Gasteiger partial charge on any atom is -0.481 e. The first-order chi connectivity index (χ1) is 20.7. The standard InChI is InChI=1S/C14H28O2.C13H16O3.C9H10O2/c1-2-3-4-5-6-7-8-9-10-11-12-13-14(15)16;1-2-11-9-13(15-11)8-7-12(16-13)5-3-10(14)4-6-12;10-8-2-5-9(6-3-8)4-1-7-11-9/h2-13H2,1H3,(H,15,16);3-6,11H,2,7-9H2,1H3;2-3,5-6H,1,4,7H2. The lowest BCUT2D eigenvalue weighted by Gasteiger charge is -2.45. The van der Waals surface area contributed by atoms with E-state index in [-0.39, 0.29) is 28.6 Å². The zero-order chi connectivity index (χ0) is 31.0. The Morgan fingerprint density at radius 2 is 1.28 bits per heavy atom. The van der Waals surface area contributed by atoms with Crippen LogP contribution in [0.3, 0.4) is 0 Å². The van der Waals surface area contributed by atoms with E-state index < -0.39 is 5.97 Å². The Morgan fingerprint density at radius 1 is 0.767 bits per heavy atom. The van der Waals surface area contributed by atoms with Crippen LogP contribution in [0.4, 0.5) is 0 Å². The van der Waals surface area contributed by atoms with Crippen molar-refractivity contribution in [1.82, 2.24) is 0 Å². The number of rotatable bonds is 13. The van der Waals surface area contributed by atoms with E-state index in [1.54, 1.807) is 24.3 Å². The molecule has 3 heterocycles. The number of carbonyl (C=O) groups excluding carboxylic acids is 2. The summed E-state index contributed by atoms with van der Waals surface area (Å²) in [7, 11) is 0. The van der Waals surface area contributed by atoms with Crippen molar-refractivity contribution < 1.29 is 33.7 Å². The Labute approximate surface area is 258 Å². The average Bonchev–Trinajstić information content (AvgIpc) is 3.60. The lowest BCUT2D eigenvalue weighted by atomic mass is 9.92. The van der Waals surface area contributed by atoms with E-state index in [0.717, 1.165) is 58.0 Å². The summed E-state index contributed by atoms with van der Waals surface area (Å²) in [5, 5.41) is 8.46. The molecular formula is C36H54O7. The lowest BCUT2D eigenvalue weighted by Crippen LogP contribution is -2.51. The van der Waals surface area contributed by atoms with Gasteiger partial charge in [-0.15, -0.1) is 0 Å². The van der Waals surface area contributed by atoms with E-state index in [0.29, 0.717) is 12.5 Å². The van der Waals surface area contributed by atoms with Gasteiger partial charge in [0, 0.05) is 25.9 Å². The molecule has 0 aromatic rings. The molecule has 2 atom stereocenters. The predicted octanol–water partition coefficient (Wildman–Crippen LogP) is 8.13. The second-order valence-electron chi connectivity index (χ2n) is 12.5. The van der Waals surface area contributed by atoms with Gasteiger partial charge in [-0.25, -0.2) is 0 Å². The van der Waals surface area contributed by atoms with E-state index in [1.165, 1.54) is 57.8 Å². The number of carboxylic acids is 1. The van der Waals surface area contributed by atoms with Crippen LogP contribution in [0, 0.1) is 0 Å². The van der Waals surface area contributed by atoms with Gasteiger partial charge in [-0.05, 0) is 80.7 Å². The fraction of sp³-hybridized carbons (Fsp3) is 0.694. The topological polar surface area (TPSA) is 99.1 Å². The Bertz CT molecular complexity index is 975. The molecule has 0 bridgehead atoms. The van der Waals surface area contributed by atoms with Crippen molar-refractivity contribution in [2.45, 2.75) is 153 Å². The van der Waals surface area contributed by atoms with E-state index >= 15 is 0 Å². The van der Waals surface area contributed by atoms with Crippen LogP contribution in [0.25, 0.3) is 0 Å². The molecule has 1 N–H and O–H groups in total. The molecule has 5 aliphatic rings. The zero-order valence-electron chi connectivity index (χ0n) is 26.5. The van der Waals surface area contributed by atoms with Crippen molar-refractivity contribution in [3.63, 3.8) is 0 Å².